The predicted octanol–water partition coefficient (Wildman–Crippen LogP) is 4.40. The lowest BCUT2D eigenvalue weighted by Crippen LogP contribution is -2.01. The van der Waals surface area contributed by atoms with Crippen molar-refractivity contribution in [3.63, 3.8) is 0 Å². The van der Waals surface area contributed by atoms with Crippen molar-refractivity contribution in [3.8, 4) is 10.4 Å². The number of halogens is 2. The highest BCUT2D eigenvalue weighted by Gasteiger charge is 2.22. The highest BCUT2D eigenvalue weighted by Crippen LogP contribution is 2.44. The minimum Gasteiger partial charge on any atom is -0.465 e. The number of esters is 1. The topological polar surface area (TPSA) is 52.3 Å². The van der Waals surface area contributed by atoms with Crippen LogP contribution in [0.4, 0.5) is 5.69 Å². The molecule has 0 aliphatic rings. The SMILES string of the molecule is COC(=O)c1sc(-c2c(Cl)cccc2Cl)c(C)c1N. The summed E-state index contributed by atoms with van der Waals surface area (Å²) in [6.07, 6.45) is 0. The molecule has 19 heavy (non-hydrogen) atoms. The summed E-state index contributed by atoms with van der Waals surface area (Å²) >= 11 is 13.6. The molecule has 6 heteroatoms. The molecule has 2 aromatic rings. The Hall–Kier alpha value is -1.23. The summed E-state index contributed by atoms with van der Waals surface area (Å²) in [5.41, 5.74) is 7.81. The van der Waals surface area contributed by atoms with Gasteiger partial charge in [0.05, 0.1) is 22.8 Å². The highest BCUT2D eigenvalue weighted by atomic mass is 35.5. The molecule has 3 nitrogen and oxygen atoms in total. The largest absolute Gasteiger partial charge is 0.465 e. The summed E-state index contributed by atoms with van der Waals surface area (Å²) < 4.78 is 4.71. The van der Waals surface area contributed by atoms with Crippen LogP contribution in [0.2, 0.25) is 10.0 Å². The molecule has 0 fully saturated rings. The fourth-order valence-corrected chi connectivity index (χ4v) is 3.64. The Morgan fingerprint density at radius 3 is 2.42 bits per heavy atom. The van der Waals surface area contributed by atoms with Crippen molar-refractivity contribution in [1.29, 1.82) is 0 Å². The zero-order chi connectivity index (χ0) is 14.2. The van der Waals surface area contributed by atoms with E-state index in [1.54, 1.807) is 18.2 Å². The van der Waals surface area contributed by atoms with E-state index in [1.165, 1.54) is 18.4 Å². The Balaban J connectivity index is 2.68. The first kappa shape index (κ1) is 14.2. The lowest BCUT2D eigenvalue weighted by molar-refractivity contribution is 0.0607. The summed E-state index contributed by atoms with van der Waals surface area (Å²) in [4.78, 5) is 12.8. The summed E-state index contributed by atoms with van der Waals surface area (Å²) in [5, 5.41) is 1.04. The molecule has 2 N–H and O–H groups in total. The van der Waals surface area contributed by atoms with Crippen molar-refractivity contribution in [1.82, 2.24) is 0 Å². The normalized spacial score (nSPS) is 10.5. The van der Waals surface area contributed by atoms with Gasteiger partial charge in [-0.1, -0.05) is 29.3 Å². The zero-order valence-corrected chi connectivity index (χ0v) is 12.6. The lowest BCUT2D eigenvalue weighted by atomic mass is 10.1. The van der Waals surface area contributed by atoms with Crippen molar-refractivity contribution in [2.24, 2.45) is 0 Å². The van der Waals surface area contributed by atoms with Gasteiger partial charge in [-0.15, -0.1) is 11.3 Å². The second-order valence-corrected chi connectivity index (χ2v) is 5.72. The molecule has 1 aromatic heterocycles. The molecule has 1 aromatic carbocycles. The van der Waals surface area contributed by atoms with E-state index in [1.807, 2.05) is 6.92 Å². The first-order valence-electron chi connectivity index (χ1n) is 5.39. The number of carbonyl (C=O) groups is 1. The Kier molecular flexibility index (Phi) is 4.04. The van der Waals surface area contributed by atoms with E-state index in [9.17, 15) is 4.79 Å². The van der Waals surface area contributed by atoms with E-state index in [4.69, 9.17) is 33.7 Å². The number of nitrogens with two attached hydrogens (primary N) is 1. The second kappa shape index (κ2) is 5.41. The molecule has 1 heterocycles. The predicted molar refractivity (Wildman–Crippen MR) is 80.3 cm³/mol. The summed E-state index contributed by atoms with van der Waals surface area (Å²) in [6, 6.07) is 5.26. The van der Waals surface area contributed by atoms with E-state index in [0.717, 1.165) is 10.4 Å². The van der Waals surface area contributed by atoms with Gasteiger partial charge in [-0.05, 0) is 24.6 Å². The first-order chi connectivity index (χ1) is 8.97. The lowest BCUT2D eigenvalue weighted by Gasteiger charge is -2.05. The van der Waals surface area contributed by atoms with E-state index in [0.29, 0.717) is 26.2 Å². The van der Waals surface area contributed by atoms with Gasteiger partial charge >= 0.3 is 5.97 Å². The Bertz CT molecular complexity index is 632. The minimum absolute atomic E-state index is 0.367. The fraction of sp³-hybridized carbons (Fsp3) is 0.154. The monoisotopic (exact) mass is 315 g/mol. The molecular formula is C13H11Cl2NO2S. The zero-order valence-electron chi connectivity index (χ0n) is 10.3. The van der Waals surface area contributed by atoms with Crippen LogP contribution in [-0.2, 0) is 4.74 Å². The quantitative estimate of drug-likeness (QED) is 0.836. The molecule has 0 radical (unpaired) electrons. The van der Waals surface area contributed by atoms with Gasteiger partial charge in [0.1, 0.15) is 4.88 Å². The number of methoxy groups -OCH3 is 1. The average molecular weight is 316 g/mol. The summed E-state index contributed by atoms with van der Waals surface area (Å²) in [5.74, 6) is -0.458. The number of hydrogen-bond acceptors (Lipinski definition) is 4. The van der Waals surface area contributed by atoms with Crippen molar-refractivity contribution >= 4 is 46.2 Å². The molecule has 2 rings (SSSR count). The van der Waals surface area contributed by atoms with Crippen LogP contribution in [0, 0.1) is 6.92 Å². The van der Waals surface area contributed by atoms with Crippen LogP contribution < -0.4 is 5.73 Å². The second-order valence-electron chi connectivity index (χ2n) is 3.89. The average Bonchev–Trinajstić information content (AvgIpc) is 2.66. The number of carbonyl (C=O) groups excluding carboxylic acids is 1. The Labute approximate surface area is 124 Å². The number of anilines is 1. The molecule has 0 amide bonds. The van der Waals surface area contributed by atoms with Gasteiger partial charge in [-0.3, -0.25) is 0 Å². The Morgan fingerprint density at radius 1 is 1.32 bits per heavy atom. The first-order valence-corrected chi connectivity index (χ1v) is 6.96. The van der Waals surface area contributed by atoms with Crippen LogP contribution in [0.5, 0.6) is 0 Å². The van der Waals surface area contributed by atoms with Gasteiger partial charge in [0, 0.05) is 10.4 Å². The molecule has 100 valence electrons. The Morgan fingerprint density at radius 2 is 1.89 bits per heavy atom. The smallest absolute Gasteiger partial charge is 0.350 e. The third-order valence-corrected chi connectivity index (χ3v) is 4.69. The van der Waals surface area contributed by atoms with Crippen LogP contribution in [-0.4, -0.2) is 13.1 Å². The molecule has 0 aliphatic carbocycles. The van der Waals surface area contributed by atoms with Crippen LogP contribution in [0.3, 0.4) is 0 Å². The van der Waals surface area contributed by atoms with Gasteiger partial charge in [-0.2, -0.15) is 0 Å². The molecule has 0 saturated heterocycles. The van der Waals surface area contributed by atoms with Gasteiger partial charge < -0.3 is 10.5 Å². The van der Waals surface area contributed by atoms with Crippen molar-refractivity contribution in [3.05, 3.63) is 38.7 Å². The van der Waals surface area contributed by atoms with Gasteiger partial charge in [0.25, 0.3) is 0 Å². The maximum absolute atomic E-state index is 11.6. The van der Waals surface area contributed by atoms with Crippen LogP contribution in [0.15, 0.2) is 18.2 Å². The molecule has 0 bridgehead atoms. The number of thiophene rings is 1. The maximum atomic E-state index is 11.6. The third kappa shape index (κ3) is 2.43. The van der Waals surface area contributed by atoms with Crippen molar-refractivity contribution in [2.45, 2.75) is 6.92 Å². The molecule has 0 atom stereocenters. The molecule has 0 unspecified atom stereocenters. The minimum atomic E-state index is -0.458. The fourth-order valence-electron chi connectivity index (χ4n) is 1.72. The van der Waals surface area contributed by atoms with Crippen LogP contribution in [0.1, 0.15) is 15.2 Å². The number of ether oxygens (including phenoxy) is 1. The third-order valence-electron chi connectivity index (χ3n) is 2.75. The van der Waals surface area contributed by atoms with Gasteiger partial charge in [-0.25, -0.2) is 4.79 Å². The molecule has 0 aliphatic heterocycles. The van der Waals surface area contributed by atoms with Crippen molar-refractivity contribution in [2.75, 3.05) is 12.8 Å². The van der Waals surface area contributed by atoms with E-state index >= 15 is 0 Å². The molecule has 0 spiro atoms. The van der Waals surface area contributed by atoms with Crippen LogP contribution in [0.25, 0.3) is 10.4 Å². The summed E-state index contributed by atoms with van der Waals surface area (Å²) in [6.45, 7) is 1.83. The van der Waals surface area contributed by atoms with Crippen LogP contribution >= 0.6 is 34.5 Å². The van der Waals surface area contributed by atoms with E-state index in [2.05, 4.69) is 0 Å². The number of hydrogen-bond donors (Lipinski definition) is 1. The molecular weight excluding hydrogens is 305 g/mol. The molecule has 0 saturated carbocycles. The standard InChI is InChI=1S/C13H11Cl2NO2S/c1-6-10(16)12(13(17)18-2)19-11(6)9-7(14)4-3-5-8(9)15/h3-5H,16H2,1-2H3. The van der Waals surface area contributed by atoms with Gasteiger partial charge in [0.15, 0.2) is 0 Å². The van der Waals surface area contributed by atoms with E-state index < -0.39 is 5.97 Å². The maximum Gasteiger partial charge on any atom is 0.350 e. The summed E-state index contributed by atoms with van der Waals surface area (Å²) in [7, 11) is 1.32. The van der Waals surface area contributed by atoms with E-state index in [-0.39, 0.29) is 0 Å². The van der Waals surface area contributed by atoms with Crippen molar-refractivity contribution < 1.29 is 9.53 Å². The highest BCUT2D eigenvalue weighted by molar-refractivity contribution is 7.18. The van der Waals surface area contributed by atoms with Gasteiger partial charge in [0.2, 0.25) is 0 Å². The number of rotatable bonds is 2. The number of nitrogen functional groups attached to an aromatic ring is 1. The number of benzene rings is 1.